The number of nitrogens with one attached hydrogen (secondary N) is 1. The first-order valence-electron chi connectivity index (χ1n) is 6.65. The molecule has 1 atom stereocenters. The SMILES string of the molecule is COCC(CNCC(C)C)Oc1ccc(F)cc1C. The smallest absolute Gasteiger partial charge is 0.134 e. The summed E-state index contributed by atoms with van der Waals surface area (Å²) in [6.45, 7) is 8.30. The van der Waals surface area contributed by atoms with Crippen molar-refractivity contribution in [1.82, 2.24) is 5.32 Å². The number of hydrogen-bond donors (Lipinski definition) is 1. The van der Waals surface area contributed by atoms with Gasteiger partial charge in [-0.2, -0.15) is 0 Å². The molecule has 0 radical (unpaired) electrons. The normalized spacial score (nSPS) is 12.7. The van der Waals surface area contributed by atoms with Gasteiger partial charge < -0.3 is 14.8 Å². The number of halogens is 1. The fourth-order valence-corrected chi connectivity index (χ4v) is 1.78. The molecule has 0 saturated heterocycles. The van der Waals surface area contributed by atoms with Crippen LogP contribution in [0.25, 0.3) is 0 Å². The van der Waals surface area contributed by atoms with Crippen molar-refractivity contribution in [1.29, 1.82) is 0 Å². The summed E-state index contributed by atoms with van der Waals surface area (Å²) in [5.41, 5.74) is 0.796. The fraction of sp³-hybridized carbons (Fsp3) is 0.600. The highest BCUT2D eigenvalue weighted by atomic mass is 19.1. The Kier molecular flexibility index (Phi) is 6.81. The lowest BCUT2D eigenvalue weighted by molar-refractivity contribution is 0.0797. The molecule has 0 aliphatic heterocycles. The van der Waals surface area contributed by atoms with Crippen LogP contribution in [0.1, 0.15) is 19.4 Å². The van der Waals surface area contributed by atoms with Crippen LogP contribution in [0.5, 0.6) is 5.75 Å². The summed E-state index contributed by atoms with van der Waals surface area (Å²) in [7, 11) is 1.65. The van der Waals surface area contributed by atoms with Crippen molar-refractivity contribution in [3.8, 4) is 5.75 Å². The van der Waals surface area contributed by atoms with Gasteiger partial charge in [0.1, 0.15) is 17.7 Å². The highest BCUT2D eigenvalue weighted by molar-refractivity contribution is 5.32. The molecule has 0 fully saturated rings. The van der Waals surface area contributed by atoms with Crippen LogP contribution in [0, 0.1) is 18.7 Å². The second-order valence-corrected chi connectivity index (χ2v) is 5.16. The monoisotopic (exact) mass is 269 g/mol. The Bertz CT molecular complexity index is 382. The highest BCUT2D eigenvalue weighted by Crippen LogP contribution is 2.19. The Labute approximate surface area is 115 Å². The first-order chi connectivity index (χ1) is 9.02. The first kappa shape index (κ1) is 15.9. The summed E-state index contributed by atoms with van der Waals surface area (Å²) >= 11 is 0. The fourth-order valence-electron chi connectivity index (χ4n) is 1.78. The topological polar surface area (TPSA) is 30.5 Å². The summed E-state index contributed by atoms with van der Waals surface area (Å²) in [6.07, 6.45) is -0.0760. The zero-order chi connectivity index (χ0) is 14.3. The molecule has 1 aromatic rings. The Morgan fingerprint density at radius 2 is 2.00 bits per heavy atom. The average Bonchev–Trinajstić information content (AvgIpc) is 2.32. The zero-order valence-corrected chi connectivity index (χ0v) is 12.2. The van der Waals surface area contributed by atoms with Crippen molar-refractivity contribution in [2.75, 3.05) is 26.8 Å². The van der Waals surface area contributed by atoms with Crippen LogP contribution in [0.4, 0.5) is 4.39 Å². The average molecular weight is 269 g/mol. The van der Waals surface area contributed by atoms with E-state index in [-0.39, 0.29) is 11.9 Å². The second-order valence-electron chi connectivity index (χ2n) is 5.16. The molecule has 1 N–H and O–H groups in total. The van der Waals surface area contributed by atoms with Gasteiger partial charge >= 0.3 is 0 Å². The molecule has 0 spiro atoms. The van der Waals surface area contributed by atoms with Crippen molar-refractivity contribution in [2.45, 2.75) is 26.9 Å². The molecule has 108 valence electrons. The van der Waals surface area contributed by atoms with Crippen LogP contribution in [-0.4, -0.2) is 32.9 Å². The number of ether oxygens (including phenoxy) is 2. The Hall–Kier alpha value is -1.13. The highest BCUT2D eigenvalue weighted by Gasteiger charge is 2.12. The molecule has 4 heteroatoms. The molecule has 0 aliphatic rings. The minimum atomic E-state index is -0.244. The third kappa shape index (κ3) is 6.03. The molecule has 1 aromatic carbocycles. The van der Waals surface area contributed by atoms with Crippen LogP contribution < -0.4 is 10.1 Å². The Morgan fingerprint density at radius 1 is 1.26 bits per heavy atom. The maximum atomic E-state index is 13.0. The molecule has 0 aromatic heterocycles. The minimum absolute atomic E-state index is 0.0760. The van der Waals surface area contributed by atoms with Gasteiger partial charge in [-0.15, -0.1) is 0 Å². The summed E-state index contributed by atoms with van der Waals surface area (Å²) < 4.78 is 24.1. The van der Waals surface area contributed by atoms with Gasteiger partial charge in [-0.25, -0.2) is 4.39 Å². The number of benzene rings is 1. The lowest BCUT2D eigenvalue weighted by Gasteiger charge is -2.20. The summed E-state index contributed by atoms with van der Waals surface area (Å²) in [5, 5.41) is 3.34. The summed E-state index contributed by atoms with van der Waals surface area (Å²) in [6, 6.07) is 4.55. The molecule has 1 rings (SSSR count). The van der Waals surface area contributed by atoms with Gasteiger partial charge in [0.2, 0.25) is 0 Å². The molecule has 0 bridgehead atoms. The van der Waals surface area contributed by atoms with E-state index in [0.29, 0.717) is 24.8 Å². The van der Waals surface area contributed by atoms with Gasteiger partial charge in [-0.1, -0.05) is 13.8 Å². The van der Waals surface area contributed by atoms with Gasteiger partial charge in [0.05, 0.1) is 6.61 Å². The van der Waals surface area contributed by atoms with Crippen LogP contribution in [0.15, 0.2) is 18.2 Å². The molecule has 3 nitrogen and oxygen atoms in total. The van der Waals surface area contributed by atoms with Gasteiger partial charge in [0.25, 0.3) is 0 Å². The standard InChI is InChI=1S/C15H24FNO2/c1-11(2)8-17-9-14(10-18-4)19-15-6-5-13(16)7-12(15)3/h5-7,11,14,17H,8-10H2,1-4H3. The quantitative estimate of drug-likeness (QED) is 0.787. The maximum absolute atomic E-state index is 13.0. The molecule has 19 heavy (non-hydrogen) atoms. The van der Waals surface area contributed by atoms with Crippen LogP contribution in [0.3, 0.4) is 0 Å². The molecule has 0 heterocycles. The Morgan fingerprint density at radius 3 is 2.58 bits per heavy atom. The van der Waals surface area contributed by atoms with E-state index in [1.165, 1.54) is 12.1 Å². The van der Waals surface area contributed by atoms with E-state index in [9.17, 15) is 4.39 Å². The third-order valence-electron chi connectivity index (χ3n) is 2.71. The van der Waals surface area contributed by atoms with E-state index in [1.54, 1.807) is 13.2 Å². The van der Waals surface area contributed by atoms with Crippen molar-refractivity contribution in [2.24, 2.45) is 5.92 Å². The predicted molar refractivity (Wildman–Crippen MR) is 75.1 cm³/mol. The molecular formula is C15H24FNO2. The maximum Gasteiger partial charge on any atom is 0.134 e. The molecule has 0 aliphatic carbocycles. The van der Waals surface area contributed by atoms with Gasteiger partial charge in [-0.3, -0.25) is 0 Å². The van der Waals surface area contributed by atoms with Crippen LogP contribution in [0.2, 0.25) is 0 Å². The molecular weight excluding hydrogens is 245 g/mol. The summed E-state index contributed by atoms with van der Waals surface area (Å²) in [5.74, 6) is 1.05. The number of aryl methyl sites for hydroxylation is 1. The van der Waals surface area contributed by atoms with Crippen LogP contribution in [-0.2, 0) is 4.74 Å². The Balaban J connectivity index is 2.56. The van der Waals surface area contributed by atoms with Gasteiger partial charge in [0, 0.05) is 13.7 Å². The molecule has 1 unspecified atom stereocenters. The third-order valence-corrected chi connectivity index (χ3v) is 2.71. The van der Waals surface area contributed by atoms with E-state index in [0.717, 1.165) is 12.1 Å². The van der Waals surface area contributed by atoms with Crippen molar-refractivity contribution in [3.63, 3.8) is 0 Å². The van der Waals surface area contributed by atoms with E-state index < -0.39 is 0 Å². The number of methoxy groups -OCH3 is 1. The van der Waals surface area contributed by atoms with Gasteiger partial charge in [-0.05, 0) is 43.1 Å². The number of rotatable bonds is 8. The largest absolute Gasteiger partial charge is 0.486 e. The predicted octanol–water partition coefficient (Wildman–Crippen LogP) is 2.77. The van der Waals surface area contributed by atoms with Crippen molar-refractivity contribution in [3.05, 3.63) is 29.6 Å². The molecule has 0 amide bonds. The minimum Gasteiger partial charge on any atom is -0.486 e. The lowest BCUT2D eigenvalue weighted by atomic mass is 10.2. The van der Waals surface area contributed by atoms with Gasteiger partial charge in [0.15, 0.2) is 0 Å². The van der Waals surface area contributed by atoms with Crippen LogP contribution >= 0.6 is 0 Å². The lowest BCUT2D eigenvalue weighted by Crippen LogP contribution is -2.36. The summed E-state index contributed by atoms with van der Waals surface area (Å²) in [4.78, 5) is 0. The van der Waals surface area contributed by atoms with E-state index in [2.05, 4.69) is 19.2 Å². The second kappa shape index (κ2) is 8.12. The number of hydrogen-bond acceptors (Lipinski definition) is 3. The molecule has 0 saturated carbocycles. The first-order valence-corrected chi connectivity index (χ1v) is 6.65. The van der Waals surface area contributed by atoms with Crippen molar-refractivity contribution >= 4 is 0 Å². The van der Waals surface area contributed by atoms with Crippen molar-refractivity contribution < 1.29 is 13.9 Å². The van der Waals surface area contributed by atoms with E-state index >= 15 is 0 Å². The zero-order valence-electron chi connectivity index (χ0n) is 12.2. The van der Waals surface area contributed by atoms with E-state index in [1.807, 2.05) is 6.92 Å². The van der Waals surface area contributed by atoms with E-state index in [4.69, 9.17) is 9.47 Å².